The molecule has 2 aromatic rings. The summed E-state index contributed by atoms with van der Waals surface area (Å²) >= 11 is 0. The van der Waals surface area contributed by atoms with Crippen molar-refractivity contribution in [2.75, 3.05) is 25.5 Å². The molecule has 7 nitrogen and oxygen atoms in total. The Labute approximate surface area is 184 Å². The van der Waals surface area contributed by atoms with Gasteiger partial charge >= 0.3 is 0 Å². The van der Waals surface area contributed by atoms with Gasteiger partial charge in [-0.15, -0.1) is 0 Å². The molecule has 2 aromatic carbocycles. The van der Waals surface area contributed by atoms with Crippen molar-refractivity contribution in [3.8, 4) is 11.5 Å². The molecule has 0 spiro atoms. The fourth-order valence-corrected chi connectivity index (χ4v) is 5.13. The number of anilines is 1. The first kappa shape index (κ1) is 23.1. The second-order valence-corrected chi connectivity index (χ2v) is 9.59. The van der Waals surface area contributed by atoms with Gasteiger partial charge in [0.15, 0.2) is 6.10 Å². The molecular weight excluding hydrogens is 416 g/mol. The molecule has 0 unspecified atom stereocenters. The highest BCUT2D eigenvalue weighted by molar-refractivity contribution is 7.89. The Morgan fingerprint density at radius 1 is 1.13 bits per heavy atom. The Kier molecular flexibility index (Phi) is 7.56. The summed E-state index contributed by atoms with van der Waals surface area (Å²) in [5.41, 5.74) is 1.34. The van der Waals surface area contributed by atoms with E-state index in [-0.39, 0.29) is 10.8 Å². The van der Waals surface area contributed by atoms with Crippen molar-refractivity contribution in [2.24, 2.45) is 0 Å². The average Bonchev–Trinajstić information content (AvgIpc) is 2.78. The lowest BCUT2D eigenvalue weighted by Crippen LogP contribution is -2.35. The maximum Gasteiger partial charge on any atom is 0.265 e. The molecule has 1 aliphatic heterocycles. The molecule has 0 aromatic heterocycles. The van der Waals surface area contributed by atoms with Crippen molar-refractivity contribution < 1.29 is 22.7 Å². The molecular formula is C23H30N2O5S. The first-order chi connectivity index (χ1) is 14.8. The van der Waals surface area contributed by atoms with Gasteiger partial charge in [0.2, 0.25) is 10.0 Å². The highest BCUT2D eigenvalue weighted by Gasteiger charge is 2.27. The Bertz CT molecular complexity index is 1020. The van der Waals surface area contributed by atoms with Crippen LogP contribution in [0, 0.1) is 6.92 Å². The number of methoxy groups -OCH3 is 1. The van der Waals surface area contributed by atoms with Gasteiger partial charge in [0.25, 0.3) is 5.91 Å². The number of sulfonamides is 1. The molecule has 0 bridgehead atoms. The number of amides is 1. The van der Waals surface area contributed by atoms with Crippen LogP contribution in [-0.4, -0.2) is 44.9 Å². The first-order valence-corrected chi connectivity index (χ1v) is 12.0. The quantitative estimate of drug-likeness (QED) is 0.663. The number of nitrogens with one attached hydrogen (secondary N) is 1. The van der Waals surface area contributed by atoms with Crippen molar-refractivity contribution >= 4 is 21.6 Å². The molecule has 1 aliphatic rings. The average molecular weight is 447 g/mol. The maximum atomic E-state index is 13.0. The van der Waals surface area contributed by atoms with Crippen molar-refractivity contribution in [3.63, 3.8) is 0 Å². The van der Waals surface area contributed by atoms with Crippen molar-refractivity contribution in [1.29, 1.82) is 0 Å². The molecule has 168 valence electrons. The summed E-state index contributed by atoms with van der Waals surface area (Å²) in [7, 11) is -2.15. The zero-order valence-electron chi connectivity index (χ0n) is 18.3. The Morgan fingerprint density at radius 3 is 2.52 bits per heavy atom. The normalized spacial score (nSPS) is 15.8. The number of benzene rings is 2. The molecule has 3 rings (SSSR count). The van der Waals surface area contributed by atoms with E-state index in [1.54, 1.807) is 12.1 Å². The van der Waals surface area contributed by atoms with E-state index < -0.39 is 16.1 Å². The summed E-state index contributed by atoms with van der Waals surface area (Å²) < 4.78 is 38.8. The summed E-state index contributed by atoms with van der Waals surface area (Å²) in [6, 6.07) is 12.0. The topological polar surface area (TPSA) is 84.9 Å². The highest BCUT2D eigenvalue weighted by Crippen LogP contribution is 2.30. The molecule has 1 atom stereocenters. The Hall–Kier alpha value is -2.58. The number of rotatable bonds is 8. The zero-order valence-corrected chi connectivity index (χ0v) is 19.1. The van der Waals surface area contributed by atoms with Crippen LogP contribution in [0.25, 0.3) is 0 Å². The largest absolute Gasteiger partial charge is 0.495 e. The van der Waals surface area contributed by atoms with Crippen LogP contribution in [-0.2, 0) is 14.8 Å². The number of carbonyl (C=O) groups is 1. The Morgan fingerprint density at radius 2 is 1.87 bits per heavy atom. The lowest BCUT2D eigenvalue weighted by Gasteiger charge is -2.26. The zero-order chi connectivity index (χ0) is 22.4. The standard InChI is InChI=1S/C23H30N2O5S/c1-4-21(30-18-10-8-9-17(2)15-18)23(26)24-20-16-19(11-12-22(20)29-3)31(27,28)25-13-6-5-7-14-25/h8-12,15-16,21H,4-7,13-14H2,1-3H3,(H,24,26)/t21-/m1/s1. The van der Waals surface area contributed by atoms with Crippen LogP contribution in [0.15, 0.2) is 47.4 Å². The number of hydrogen-bond acceptors (Lipinski definition) is 5. The van der Waals surface area contributed by atoms with Gasteiger partial charge in [-0.1, -0.05) is 25.5 Å². The number of aryl methyl sites for hydroxylation is 1. The first-order valence-electron chi connectivity index (χ1n) is 10.6. The lowest BCUT2D eigenvalue weighted by molar-refractivity contribution is -0.122. The third-order valence-corrected chi connectivity index (χ3v) is 7.21. The minimum absolute atomic E-state index is 0.137. The van der Waals surface area contributed by atoms with E-state index in [2.05, 4.69) is 5.32 Å². The summed E-state index contributed by atoms with van der Waals surface area (Å²) in [5, 5.41) is 2.79. The molecule has 0 aliphatic carbocycles. The maximum absolute atomic E-state index is 13.0. The van der Waals surface area contributed by atoms with Gasteiger partial charge in [0, 0.05) is 13.1 Å². The fourth-order valence-electron chi connectivity index (χ4n) is 3.59. The van der Waals surface area contributed by atoms with Gasteiger partial charge < -0.3 is 14.8 Å². The molecule has 0 radical (unpaired) electrons. The third-order valence-electron chi connectivity index (χ3n) is 5.31. The molecule has 1 N–H and O–H groups in total. The van der Waals surface area contributed by atoms with Gasteiger partial charge in [-0.05, 0) is 62.1 Å². The summed E-state index contributed by atoms with van der Waals surface area (Å²) in [4.78, 5) is 13.0. The Balaban J connectivity index is 1.82. The van der Waals surface area contributed by atoms with Crippen LogP contribution >= 0.6 is 0 Å². The van der Waals surface area contributed by atoms with Gasteiger partial charge in [-0.25, -0.2) is 8.42 Å². The predicted molar refractivity (Wildman–Crippen MR) is 120 cm³/mol. The number of hydrogen-bond donors (Lipinski definition) is 1. The number of nitrogens with zero attached hydrogens (tertiary/aromatic N) is 1. The molecule has 8 heteroatoms. The van der Waals surface area contributed by atoms with Crippen LogP contribution in [0.1, 0.15) is 38.2 Å². The van der Waals surface area contributed by atoms with Gasteiger partial charge in [-0.3, -0.25) is 4.79 Å². The molecule has 31 heavy (non-hydrogen) atoms. The van der Waals surface area contributed by atoms with E-state index in [9.17, 15) is 13.2 Å². The summed E-state index contributed by atoms with van der Waals surface area (Å²) in [6.07, 6.45) is 2.47. The van der Waals surface area contributed by atoms with Crippen LogP contribution in [0.5, 0.6) is 11.5 Å². The molecule has 0 saturated carbocycles. The van der Waals surface area contributed by atoms with Gasteiger partial charge in [0.05, 0.1) is 17.7 Å². The third kappa shape index (κ3) is 5.57. The molecule has 1 heterocycles. The highest BCUT2D eigenvalue weighted by atomic mass is 32.2. The summed E-state index contributed by atoms with van der Waals surface area (Å²) in [5.74, 6) is 0.626. The second kappa shape index (κ2) is 10.2. The van der Waals surface area contributed by atoms with Crippen molar-refractivity contribution in [3.05, 3.63) is 48.0 Å². The van der Waals surface area contributed by atoms with E-state index in [4.69, 9.17) is 9.47 Å². The number of carbonyl (C=O) groups excluding carboxylic acids is 1. The van der Waals surface area contributed by atoms with E-state index >= 15 is 0 Å². The molecule has 1 fully saturated rings. The second-order valence-electron chi connectivity index (χ2n) is 7.65. The smallest absolute Gasteiger partial charge is 0.265 e. The number of piperidine rings is 1. The van der Waals surface area contributed by atoms with Crippen molar-refractivity contribution in [2.45, 2.75) is 50.5 Å². The minimum atomic E-state index is -3.63. The van der Waals surface area contributed by atoms with Crippen LogP contribution in [0.4, 0.5) is 5.69 Å². The van der Waals surface area contributed by atoms with Crippen LogP contribution in [0.2, 0.25) is 0 Å². The summed E-state index contributed by atoms with van der Waals surface area (Å²) in [6.45, 7) is 4.83. The van der Waals surface area contributed by atoms with E-state index in [1.807, 2.05) is 32.0 Å². The molecule has 1 amide bonds. The van der Waals surface area contributed by atoms with Crippen LogP contribution < -0.4 is 14.8 Å². The lowest BCUT2D eigenvalue weighted by atomic mass is 10.2. The van der Waals surface area contributed by atoms with E-state index in [1.165, 1.54) is 23.5 Å². The fraction of sp³-hybridized carbons (Fsp3) is 0.435. The van der Waals surface area contributed by atoms with Gasteiger partial charge in [0.1, 0.15) is 11.5 Å². The number of ether oxygens (including phenoxy) is 2. The van der Waals surface area contributed by atoms with Gasteiger partial charge in [-0.2, -0.15) is 4.31 Å². The van der Waals surface area contributed by atoms with Crippen molar-refractivity contribution in [1.82, 2.24) is 4.31 Å². The monoisotopic (exact) mass is 446 g/mol. The SMILES string of the molecule is CC[C@@H](Oc1cccc(C)c1)C(=O)Nc1cc(S(=O)(=O)N2CCCCC2)ccc1OC. The van der Waals surface area contributed by atoms with E-state index in [0.717, 1.165) is 24.8 Å². The van der Waals surface area contributed by atoms with Crippen LogP contribution in [0.3, 0.4) is 0 Å². The minimum Gasteiger partial charge on any atom is -0.495 e. The predicted octanol–water partition coefficient (Wildman–Crippen LogP) is 3.97. The van der Waals surface area contributed by atoms with E-state index in [0.29, 0.717) is 36.7 Å². The molecule has 1 saturated heterocycles.